The van der Waals surface area contributed by atoms with Crippen molar-refractivity contribution >= 4 is 28.4 Å². The lowest BCUT2D eigenvalue weighted by molar-refractivity contribution is -0.138. The summed E-state index contributed by atoms with van der Waals surface area (Å²) in [5, 5.41) is 1.78. The molecule has 2 heterocycles. The van der Waals surface area contributed by atoms with Crippen molar-refractivity contribution in [2.75, 3.05) is 13.1 Å². The molecule has 1 unspecified atom stereocenters. The van der Waals surface area contributed by atoms with Gasteiger partial charge in [0.2, 0.25) is 5.91 Å². The summed E-state index contributed by atoms with van der Waals surface area (Å²) in [5.74, 6) is 0.810. The molecule has 1 N–H and O–H groups in total. The third-order valence-corrected chi connectivity index (χ3v) is 5.03. The van der Waals surface area contributed by atoms with E-state index in [1.807, 2.05) is 43.1 Å². The average Bonchev–Trinajstić information content (AvgIpc) is 2.90. The SMILES string of the molecule is CC1CCCN(C(=O)C(C)(C)c2c[nH]c3cc(Cl)ccc23)C1. The molecule has 0 bridgehead atoms. The fraction of sp³-hybridized carbons (Fsp3) is 0.500. The molecule has 0 spiro atoms. The Balaban J connectivity index is 1.95. The normalized spacial score (nSPS) is 19.6. The number of benzene rings is 1. The fourth-order valence-corrected chi connectivity index (χ4v) is 3.67. The number of rotatable bonds is 2. The molecule has 1 saturated heterocycles. The van der Waals surface area contributed by atoms with Crippen LogP contribution in [0.4, 0.5) is 0 Å². The molecular formula is C18H23ClN2O. The molecule has 1 aliphatic heterocycles. The lowest BCUT2D eigenvalue weighted by Gasteiger charge is -2.36. The van der Waals surface area contributed by atoms with E-state index < -0.39 is 5.41 Å². The Bertz CT molecular complexity index is 704. The van der Waals surface area contributed by atoms with Crippen molar-refractivity contribution in [2.45, 2.75) is 39.0 Å². The summed E-state index contributed by atoms with van der Waals surface area (Å²) in [6.07, 6.45) is 4.27. The maximum Gasteiger partial charge on any atom is 0.232 e. The van der Waals surface area contributed by atoms with Gasteiger partial charge in [-0.1, -0.05) is 24.6 Å². The van der Waals surface area contributed by atoms with Gasteiger partial charge in [-0.3, -0.25) is 4.79 Å². The van der Waals surface area contributed by atoms with Crippen molar-refractivity contribution in [3.63, 3.8) is 0 Å². The number of carbonyl (C=O) groups excluding carboxylic acids is 1. The number of nitrogens with zero attached hydrogens (tertiary/aromatic N) is 1. The second-order valence-electron chi connectivity index (χ2n) is 7.02. The Hall–Kier alpha value is -1.48. The molecule has 1 aromatic heterocycles. The average molecular weight is 319 g/mol. The standard InChI is InChI=1S/C18H23ClN2O/c1-12-5-4-8-21(11-12)17(22)18(2,3)15-10-20-16-9-13(19)6-7-14(15)16/h6-7,9-10,12,20H,4-5,8,11H2,1-3H3. The molecule has 22 heavy (non-hydrogen) atoms. The minimum absolute atomic E-state index is 0.218. The fourth-order valence-electron chi connectivity index (χ4n) is 3.50. The van der Waals surface area contributed by atoms with Crippen molar-refractivity contribution < 1.29 is 4.79 Å². The molecule has 1 amide bonds. The monoisotopic (exact) mass is 318 g/mol. The highest BCUT2D eigenvalue weighted by atomic mass is 35.5. The summed E-state index contributed by atoms with van der Waals surface area (Å²) in [5.41, 5.74) is 1.49. The van der Waals surface area contributed by atoms with E-state index in [0.29, 0.717) is 10.9 Å². The molecule has 0 aliphatic carbocycles. The number of H-pyrrole nitrogens is 1. The Kier molecular flexibility index (Phi) is 3.94. The van der Waals surface area contributed by atoms with Crippen LogP contribution in [0.25, 0.3) is 10.9 Å². The van der Waals surface area contributed by atoms with E-state index in [1.54, 1.807) is 0 Å². The molecule has 0 saturated carbocycles. The van der Waals surface area contributed by atoms with Crippen LogP contribution < -0.4 is 0 Å². The molecule has 4 heteroatoms. The number of hydrogen-bond donors (Lipinski definition) is 1. The Morgan fingerprint density at radius 1 is 1.41 bits per heavy atom. The van der Waals surface area contributed by atoms with Gasteiger partial charge < -0.3 is 9.88 Å². The molecule has 1 fully saturated rings. The maximum absolute atomic E-state index is 13.1. The van der Waals surface area contributed by atoms with E-state index in [2.05, 4.69) is 11.9 Å². The van der Waals surface area contributed by atoms with Crippen LogP contribution in [0.1, 0.15) is 39.2 Å². The summed E-state index contributed by atoms with van der Waals surface area (Å²) < 4.78 is 0. The number of amides is 1. The summed E-state index contributed by atoms with van der Waals surface area (Å²) in [7, 11) is 0. The molecule has 0 radical (unpaired) electrons. The molecule has 1 atom stereocenters. The van der Waals surface area contributed by atoms with E-state index in [-0.39, 0.29) is 5.91 Å². The van der Waals surface area contributed by atoms with E-state index in [9.17, 15) is 4.79 Å². The molecule has 118 valence electrons. The first-order valence-corrected chi connectivity index (χ1v) is 8.34. The number of fused-ring (bicyclic) bond motifs is 1. The summed E-state index contributed by atoms with van der Waals surface area (Å²) in [4.78, 5) is 18.3. The van der Waals surface area contributed by atoms with Crippen molar-refractivity contribution in [1.29, 1.82) is 0 Å². The Morgan fingerprint density at radius 3 is 2.91 bits per heavy atom. The third kappa shape index (κ3) is 2.63. The second-order valence-corrected chi connectivity index (χ2v) is 7.45. The van der Waals surface area contributed by atoms with Crippen LogP contribution in [0.3, 0.4) is 0 Å². The summed E-state index contributed by atoms with van der Waals surface area (Å²) >= 11 is 6.05. The quantitative estimate of drug-likeness (QED) is 0.877. The van der Waals surface area contributed by atoms with Gasteiger partial charge in [0, 0.05) is 35.2 Å². The zero-order chi connectivity index (χ0) is 15.9. The highest BCUT2D eigenvalue weighted by molar-refractivity contribution is 6.31. The van der Waals surface area contributed by atoms with Gasteiger partial charge in [-0.25, -0.2) is 0 Å². The summed E-state index contributed by atoms with van der Waals surface area (Å²) in [6, 6.07) is 5.78. The number of aromatic amines is 1. The van der Waals surface area contributed by atoms with Gasteiger partial charge in [-0.05, 0) is 50.3 Å². The maximum atomic E-state index is 13.1. The van der Waals surface area contributed by atoms with E-state index in [4.69, 9.17) is 11.6 Å². The number of likely N-dealkylation sites (tertiary alicyclic amines) is 1. The van der Waals surface area contributed by atoms with E-state index in [0.717, 1.165) is 36.0 Å². The zero-order valence-electron chi connectivity index (χ0n) is 13.4. The van der Waals surface area contributed by atoms with Gasteiger partial charge in [0.1, 0.15) is 0 Å². The molecular weight excluding hydrogens is 296 g/mol. The number of hydrogen-bond acceptors (Lipinski definition) is 1. The Labute approximate surface area is 136 Å². The molecule has 1 aliphatic rings. The number of aromatic nitrogens is 1. The Morgan fingerprint density at radius 2 is 2.18 bits per heavy atom. The highest BCUT2D eigenvalue weighted by Gasteiger charge is 2.36. The lowest BCUT2D eigenvalue weighted by atomic mass is 9.82. The first-order chi connectivity index (χ1) is 10.4. The molecule has 2 aromatic rings. The third-order valence-electron chi connectivity index (χ3n) is 4.80. The van der Waals surface area contributed by atoms with Gasteiger partial charge in [0.25, 0.3) is 0 Å². The van der Waals surface area contributed by atoms with Crippen LogP contribution in [0.2, 0.25) is 5.02 Å². The van der Waals surface area contributed by atoms with Crippen molar-refractivity contribution in [1.82, 2.24) is 9.88 Å². The van der Waals surface area contributed by atoms with Crippen molar-refractivity contribution in [3.8, 4) is 0 Å². The van der Waals surface area contributed by atoms with Crippen LogP contribution >= 0.6 is 11.6 Å². The van der Waals surface area contributed by atoms with Crippen LogP contribution in [-0.4, -0.2) is 28.9 Å². The van der Waals surface area contributed by atoms with Gasteiger partial charge in [-0.15, -0.1) is 0 Å². The topological polar surface area (TPSA) is 36.1 Å². The van der Waals surface area contributed by atoms with E-state index >= 15 is 0 Å². The second kappa shape index (κ2) is 5.62. The smallest absolute Gasteiger partial charge is 0.232 e. The highest BCUT2D eigenvalue weighted by Crippen LogP contribution is 2.34. The van der Waals surface area contributed by atoms with Crippen molar-refractivity contribution in [3.05, 3.63) is 35.0 Å². The van der Waals surface area contributed by atoms with Crippen LogP contribution in [0.15, 0.2) is 24.4 Å². The van der Waals surface area contributed by atoms with Gasteiger partial charge in [0.05, 0.1) is 5.41 Å². The number of carbonyl (C=O) groups is 1. The lowest BCUT2D eigenvalue weighted by Crippen LogP contribution is -2.47. The first kappa shape index (κ1) is 15.4. The minimum atomic E-state index is -0.539. The molecule has 3 nitrogen and oxygen atoms in total. The molecule has 1 aromatic carbocycles. The number of piperidine rings is 1. The largest absolute Gasteiger partial charge is 0.361 e. The van der Waals surface area contributed by atoms with E-state index in [1.165, 1.54) is 6.42 Å². The van der Waals surface area contributed by atoms with Crippen LogP contribution in [0.5, 0.6) is 0 Å². The molecule has 3 rings (SSSR count). The van der Waals surface area contributed by atoms with Gasteiger partial charge >= 0.3 is 0 Å². The van der Waals surface area contributed by atoms with Crippen LogP contribution in [0, 0.1) is 5.92 Å². The summed E-state index contributed by atoms with van der Waals surface area (Å²) in [6.45, 7) is 8.01. The number of nitrogens with one attached hydrogen (secondary N) is 1. The first-order valence-electron chi connectivity index (χ1n) is 7.96. The van der Waals surface area contributed by atoms with Crippen molar-refractivity contribution in [2.24, 2.45) is 5.92 Å². The number of halogens is 1. The predicted molar refractivity (Wildman–Crippen MR) is 91.3 cm³/mol. The van der Waals surface area contributed by atoms with Crippen LogP contribution in [-0.2, 0) is 10.2 Å². The minimum Gasteiger partial charge on any atom is -0.361 e. The predicted octanol–water partition coefficient (Wildman–Crippen LogP) is 4.36. The zero-order valence-corrected chi connectivity index (χ0v) is 14.2. The van der Waals surface area contributed by atoms with Gasteiger partial charge in [0.15, 0.2) is 0 Å². The van der Waals surface area contributed by atoms with Gasteiger partial charge in [-0.2, -0.15) is 0 Å².